The number of aliphatic hydroxyl groups excluding tert-OH is 1. The molecule has 4 fully saturated rings. The highest BCUT2D eigenvalue weighted by atomic mass is 16.6. The highest BCUT2D eigenvalue weighted by molar-refractivity contribution is 5.21. The molecular formula is C23H38O4. The van der Waals surface area contributed by atoms with E-state index in [2.05, 4.69) is 20.4 Å². The molecule has 27 heavy (non-hydrogen) atoms. The highest BCUT2D eigenvalue weighted by Crippen LogP contribution is 2.72. The van der Waals surface area contributed by atoms with Gasteiger partial charge in [-0.3, -0.25) is 0 Å². The van der Waals surface area contributed by atoms with E-state index in [0.717, 1.165) is 44.9 Å². The van der Waals surface area contributed by atoms with Crippen LogP contribution in [0.3, 0.4) is 0 Å². The molecule has 0 aromatic rings. The fourth-order valence-electron chi connectivity index (χ4n) is 7.80. The van der Waals surface area contributed by atoms with Gasteiger partial charge in [-0.1, -0.05) is 32.4 Å². The average molecular weight is 379 g/mol. The highest BCUT2D eigenvalue weighted by Gasteiger charge is 2.70. The van der Waals surface area contributed by atoms with Crippen LogP contribution in [0.5, 0.6) is 0 Å². The van der Waals surface area contributed by atoms with Gasteiger partial charge in [-0.25, -0.2) is 0 Å². The summed E-state index contributed by atoms with van der Waals surface area (Å²) in [7, 11) is 0. The topological polar surface area (TPSA) is 58.9 Å². The van der Waals surface area contributed by atoms with Gasteiger partial charge in [0, 0.05) is 10.8 Å². The average Bonchev–Trinajstić information content (AvgIpc) is 2.58. The van der Waals surface area contributed by atoms with Crippen molar-refractivity contribution < 1.29 is 19.7 Å². The minimum absolute atomic E-state index is 0.00889. The van der Waals surface area contributed by atoms with Crippen molar-refractivity contribution in [2.75, 3.05) is 6.61 Å². The van der Waals surface area contributed by atoms with Crippen LogP contribution < -0.4 is 0 Å². The Balaban J connectivity index is 1.85. The fraction of sp³-hybridized carbons (Fsp3) is 0.913. The maximum atomic E-state index is 11.2. The summed E-state index contributed by atoms with van der Waals surface area (Å²) in [5.41, 5.74) is 1.12. The zero-order chi connectivity index (χ0) is 19.7. The van der Waals surface area contributed by atoms with Crippen molar-refractivity contribution in [2.24, 2.45) is 28.1 Å². The second kappa shape index (κ2) is 6.29. The molecule has 2 N–H and O–H groups in total. The van der Waals surface area contributed by atoms with E-state index in [4.69, 9.17) is 9.47 Å². The van der Waals surface area contributed by atoms with E-state index in [1.807, 2.05) is 0 Å². The minimum atomic E-state index is -1.15. The van der Waals surface area contributed by atoms with Gasteiger partial charge in [0.05, 0.1) is 12.7 Å². The number of aliphatic hydroxyl groups is 2. The Kier molecular flexibility index (Phi) is 4.63. The summed E-state index contributed by atoms with van der Waals surface area (Å²) in [5.74, 6) is -0.423. The molecule has 0 aromatic carbocycles. The lowest BCUT2D eigenvalue weighted by atomic mass is 9.37. The number of fused-ring (bicyclic) bond motifs is 1. The molecule has 1 heterocycles. The van der Waals surface area contributed by atoms with Crippen LogP contribution in [0.15, 0.2) is 12.2 Å². The molecule has 7 atom stereocenters. The Morgan fingerprint density at radius 1 is 1.30 bits per heavy atom. The monoisotopic (exact) mass is 378 g/mol. The summed E-state index contributed by atoms with van der Waals surface area (Å²) in [5, 5.41) is 21.8. The molecule has 1 aliphatic heterocycles. The Labute approximate surface area is 164 Å². The summed E-state index contributed by atoms with van der Waals surface area (Å²) in [6.07, 6.45) is 7.57. The van der Waals surface area contributed by atoms with Crippen molar-refractivity contribution in [1.29, 1.82) is 0 Å². The molecule has 2 bridgehead atoms. The lowest BCUT2D eigenvalue weighted by Crippen LogP contribution is -2.70. The molecule has 4 rings (SSSR count). The SMILES string of the molecule is C=C1CCC2C34CCC[C@@](C)(CO[C@@H]3O)C4C[C@@H](OC(C)(C)O)[C@]2(CC)C1. The first-order valence-corrected chi connectivity index (χ1v) is 10.9. The Hall–Kier alpha value is -0.420. The van der Waals surface area contributed by atoms with Crippen LogP contribution in [0.1, 0.15) is 79.1 Å². The maximum absolute atomic E-state index is 11.2. The van der Waals surface area contributed by atoms with Crippen LogP contribution in [0.2, 0.25) is 0 Å². The van der Waals surface area contributed by atoms with Crippen molar-refractivity contribution in [3.8, 4) is 0 Å². The van der Waals surface area contributed by atoms with Gasteiger partial charge >= 0.3 is 0 Å². The second-order valence-electron chi connectivity index (χ2n) is 10.7. The smallest absolute Gasteiger partial charge is 0.160 e. The predicted molar refractivity (Wildman–Crippen MR) is 105 cm³/mol. The van der Waals surface area contributed by atoms with Gasteiger partial charge < -0.3 is 19.7 Å². The molecule has 4 heteroatoms. The Morgan fingerprint density at radius 3 is 2.70 bits per heavy atom. The van der Waals surface area contributed by atoms with Crippen LogP contribution in [0, 0.1) is 28.1 Å². The molecule has 3 aliphatic carbocycles. The van der Waals surface area contributed by atoms with Gasteiger partial charge in [0.25, 0.3) is 0 Å². The Morgan fingerprint density at radius 2 is 2.04 bits per heavy atom. The molecular weight excluding hydrogens is 340 g/mol. The molecule has 3 saturated carbocycles. The first-order chi connectivity index (χ1) is 12.6. The summed E-state index contributed by atoms with van der Waals surface area (Å²) < 4.78 is 12.4. The van der Waals surface area contributed by atoms with Gasteiger partial charge in [0.1, 0.15) is 0 Å². The molecule has 0 aromatic heterocycles. The summed E-state index contributed by atoms with van der Waals surface area (Å²) in [4.78, 5) is 0. The third kappa shape index (κ3) is 2.78. The van der Waals surface area contributed by atoms with Crippen molar-refractivity contribution in [3.05, 3.63) is 12.2 Å². The van der Waals surface area contributed by atoms with Crippen LogP contribution in [-0.2, 0) is 9.47 Å². The zero-order valence-electron chi connectivity index (χ0n) is 17.6. The number of allylic oxidation sites excluding steroid dienone is 1. The molecule has 0 amide bonds. The van der Waals surface area contributed by atoms with Gasteiger partial charge in [-0.05, 0) is 76.0 Å². The number of hydrogen-bond donors (Lipinski definition) is 2. The zero-order valence-corrected chi connectivity index (χ0v) is 17.6. The van der Waals surface area contributed by atoms with Crippen LogP contribution in [0.25, 0.3) is 0 Å². The quantitative estimate of drug-likeness (QED) is 0.564. The lowest BCUT2D eigenvalue weighted by molar-refractivity contribution is -0.359. The van der Waals surface area contributed by atoms with Crippen molar-refractivity contribution in [1.82, 2.24) is 0 Å². The van der Waals surface area contributed by atoms with Gasteiger partial charge in [0.15, 0.2) is 12.1 Å². The first kappa shape index (κ1) is 19.9. The summed E-state index contributed by atoms with van der Waals surface area (Å²) in [6, 6.07) is 0. The molecule has 4 aliphatic rings. The first-order valence-electron chi connectivity index (χ1n) is 10.9. The van der Waals surface area contributed by atoms with E-state index in [1.165, 1.54) is 12.0 Å². The van der Waals surface area contributed by atoms with E-state index in [1.54, 1.807) is 13.8 Å². The summed E-state index contributed by atoms with van der Waals surface area (Å²) >= 11 is 0. The number of hydrogen-bond acceptors (Lipinski definition) is 4. The largest absolute Gasteiger partial charge is 0.367 e. The molecule has 4 nitrogen and oxygen atoms in total. The van der Waals surface area contributed by atoms with Crippen molar-refractivity contribution >= 4 is 0 Å². The van der Waals surface area contributed by atoms with Gasteiger partial charge in [-0.2, -0.15) is 0 Å². The van der Waals surface area contributed by atoms with E-state index in [9.17, 15) is 10.2 Å². The molecule has 0 radical (unpaired) electrons. The van der Waals surface area contributed by atoms with E-state index < -0.39 is 12.1 Å². The van der Waals surface area contributed by atoms with E-state index >= 15 is 0 Å². The Bertz CT molecular complexity index is 610. The number of rotatable bonds is 3. The normalized spacial score (nSPS) is 50.1. The van der Waals surface area contributed by atoms with Crippen molar-refractivity contribution in [3.63, 3.8) is 0 Å². The van der Waals surface area contributed by atoms with E-state index in [-0.39, 0.29) is 22.3 Å². The molecule has 154 valence electrons. The van der Waals surface area contributed by atoms with Gasteiger partial charge in [-0.15, -0.1) is 0 Å². The standard InChI is InChI=1S/C23H38O4/c1-6-22-13-15(2)8-9-16(22)23-11-7-10-21(5,14-26-19(23)24)17(23)12-18(22)27-20(3,4)25/h16-19,24-25H,2,6-14H2,1,3-5H3/t16?,17?,18-,19+,21+,22-,23?/m1/s1. The number of ether oxygens (including phenoxy) is 2. The molecule has 1 saturated heterocycles. The van der Waals surface area contributed by atoms with E-state index in [0.29, 0.717) is 18.4 Å². The minimum Gasteiger partial charge on any atom is -0.367 e. The molecule has 0 spiro atoms. The molecule has 3 unspecified atom stereocenters. The third-order valence-corrected chi connectivity index (χ3v) is 8.77. The maximum Gasteiger partial charge on any atom is 0.160 e. The second-order valence-corrected chi connectivity index (χ2v) is 10.7. The fourth-order valence-corrected chi connectivity index (χ4v) is 7.80. The summed E-state index contributed by atoms with van der Waals surface area (Å²) in [6.45, 7) is 13.1. The third-order valence-electron chi connectivity index (χ3n) is 8.77. The lowest BCUT2D eigenvalue weighted by Gasteiger charge is -2.71. The van der Waals surface area contributed by atoms with Crippen LogP contribution in [0.4, 0.5) is 0 Å². The van der Waals surface area contributed by atoms with Crippen LogP contribution in [-0.4, -0.2) is 35.0 Å². The van der Waals surface area contributed by atoms with Gasteiger partial charge in [0.2, 0.25) is 0 Å². The van der Waals surface area contributed by atoms with Crippen molar-refractivity contribution in [2.45, 2.75) is 97.2 Å². The predicted octanol–water partition coefficient (Wildman–Crippen LogP) is 4.40. The van der Waals surface area contributed by atoms with Crippen LogP contribution >= 0.6 is 0 Å².